The van der Waals surface area contributed by atoms with Crippen molar-refractivity contribution in [3.05, 3.63) is 60.2 Å². The van der Waals surface area contributed by atoms with Crippen LogP contribution in [0.4, 0.5) is 0 Å². The molecule has 1 N–H and O–H groups in total. The summed E-state index contributed by atoms with van der Waals surface area (Å²) in [6.07, 6.45) is 0. The Morgan fingerprint density at radius 3 is 2.55 bits per heavy atom. The van der Waals surface area contributed by atoms with Crippen LogP contribution in [0.15, 0.2) is 59.5 Å². The highest BCUT2D eigenvalue weighted by Crippen LogP contribution is 2.28. The summed E-state index contributed by atoms with van der Waals surface area (Å²) in [6, 6.07) is 15.7. The van der Waals surface area contributed by atoms with E-state index in [0.29, 0.717) is 23.1 Å². The first kappa shape index (κ1) is 22.5. The third kappa shape index (κ3) is 4.73. The summed E-state index contributed by atoms with van der Waals surface area (Å²) in [4.78, 5) is 0.0792. The molecule has 2 heterocycles. The molecule has 0 aliphatic rings. The molecule has 0 spiro atoms. The first-order chi connectivity index (χ1) is 15.9. The van der Waals surface area contributed by atoms with Gasteiger partial charge in [-0.05, 0) is 42.8 Å². The third-order valence-electron chi connectivity index (χ3n) is 4.84. The zero-order valence-electron chi connectivity index (χ0n) is 18.3. The van der Waals surface area contributed by atoms with Gasteiger partial charge in [-0.1, -0.05) is 18.2 Å². The second-order valence-electron chi connectivity index (χ2n) is 7.07. The van der Waals surface area contributed by atoms with Crippen molar-refractivity contribution in [1.82, 2.24) is 24.5 Å². The molecule has 0 fully saturated rings. The molecule has 2 aromatic heterocycles. The molecule has 33 heavy (non-hydrogen) atoms. The number of ether oxygens (including phenoxy) is 3. The normalized spacial score (nSPS) is 11.5. The maximum absolute atomic E-state index is 12.7. The Kier molecular flexibility index (Phi) is 6.43. The van der Waals surface area contributed by atoms with Gasteiger partial charge >= 0.3 is 0 Å². The van der Waals surface area contributed by atoms with Gasteiger partial charge in [0.1, 0.15) is 23.0 Å². The van der Waals surface area contributed by atoms with Crippen molar-refractivity contribution in [2.45, 2.75) is 11.8 Å². The highest BCUT2D eigenvalue weighted by atomic mass is 32.2. The van der Waals surface area contributed by atoms with E-state index < -0.39 is 10.0 Å². The zero-order chi connectivity index (χ0) is 23.4. The van der Waals surface area contributed by atoms with E-state index in [0.717, 1.165) is 11.1 Å². The Labute approximate surface area is 191 Å². The highest BCUT2D eigenvalue weighted by Gasteiger charge is 2.19. The quantitative estimate of drug-likeness (QED) is 0.372. The summed E-state index contributed by atoms with van der Waals surface area (Å²) in [5.74, 6) is 1.71. The number of nitrogens with one attached hydrogen (secondary N) is 1. The van der Waals surface area contributed by atoms with Crippen molar-refractivity contribution in [2.75, 3.05) is 27.4 Å². The van der Waals surface area contributed by atoms with Crippen LogP contribution in [0.1, 0.15) is 5.56 Å². The van der Waals surface area contributed by atoms with E-state index in [1.54, 1.807) is 42.0 Å². The van der Waals surface area contributed by atoms with Crippen LogP contribution in [0.5, 0.6) is 17.4 Å². The van der Waals surface area contributed by atoms with Crippen LogP contribution in [-0.2, 0) is 10.0 Å². The molecule has 2 aromatic carbocycles. The fourth-order valence-corrected chi connectivity index (χ4v) is 4.51. The lowest BCUT2D eigenvalue weighted by atomic mass is 10.2. The number of sulfonamides is 1. The molecular formula is C22H23N5O5S. The predicted molar refractivity (Wildman–Crippen MR) is 121 cm³/mol. The molecule has 0 aliphatic carbocycles. The summed E-state index contributed by atoms with van der Waals surface area (Å²) < 4.78 is 45.7. The molecule has 0 saturated carbocycles. The number of benzene rings is 2. The molecule has 0 bridgehead atoms. The van der Waals surface area contributed by atoms with Crippen LogP contribution in [0, 0.1) is 6.92 Å². The molecule has 4 aromatic rings. The third-order valence-corrected chi connectivity index (χ3v) is 6.32. The van der Waals surface area contributed by atoms with Gasteiger partial charge in [-0.25, -0.2) is 13.1 Å². The number of hydrogen-bond acceptors (Lipinski definition) is 8. The molecule has 0 radical (unpaired) electrons. The minimum Gasteiger partial charge on any atom is -0.496 e. The highest BCUT2D eigenvalue weighted by molar-refractivity contribution is 7.89. The van der Waals surface area contributed by atoms with Crippen molar-refractivity contribution < 1.29 is 22.6 Å². The number of aryl methyl sites for hydroxylation is 1. The lowest BCUT2D eigenvalue weighted by Crippen LogP contribution is -2.28. The standard InChI is InChI=1S/C22H23N5O5S/c1-15-8-9-18(31-3)19(14-15)33(28,29)23-12-13-32-21-11-10-20-24-25-22(27(20)26-21)16-6-4-5-7-17(16)30-2/h4-11,14,23H,12-13H2,1-3H3. The van der Waals surface area contributed by atoms with Crippen LogP contribution in [0.25, 0.3) is 17.0 Å². The molecule has 172 valence electrons. The van der Waals surface area contributed by atoms with E-state index in [1.807, 2.05) is 31.2 Å². The smallest absolute Gasteiger partial charge is 0.244 e. The molecule has 10 nitrogen and oxygen atoms in total. The second-order valence-corrected chi connectivity index (χ2v) is 8.80. The average molecular weight is 470 g/mol. The number of hydrogen-bond donors (Lipinski definition) is 1. The number of fused-ring (bicyclic) bond motifs is 1. The molecule has 4 rings (SSSR count). The molecular weight excluding hydrogens is 446 g/mol. The summed E-state index contributed by atoms with van der Waals surface area (Å²) in [7, 11) is -0.760. The Balaban J connectivity index is 1.47. The Morgan fingerprint density at radius 1 is 0.970 bits per heavy atom. The van der Waals surface area contributed by atoms with Gasteiger partial charge < -0.3 is 14.2 Å². The summed E-state index contributed by atoms with van der Waals surface area (Å²) in [6.45, 7) is 1.92. The van der Waals surface area contributed by atoms with Crippen molar-refractivity contribution in [3.63, 3.8) is 0 Å². The van der Waals surface area contributed by atoms with Gasteiger partial charge in [0.05, 0.1) is 19.8 Å². The Hall–Kier alpha value is -3.70. The van der Waals surface area contributed by atoms with Crippen LogP contribution < -0.4 is 18.9 Å². The van der Waals surface area contributed by atoms with Crippen LogP contribution in [0.3, 0.4) is 0 Å². The summed E-state index contributed by atoms with van der Waals surface area (Å²) in [5.41, 5.74) is 2.08. The van der Waals surface area contributed by atoms with Crippen molar-refractivity contribution in [3.8, 4) is 28.8 Å². The molecule has 0 atom stereocenters. The SMILES string of the molecule is COc1ccccc1-c1nnc2ccc(OCCNS(=O)(=O)c3cc(C)ccc3OC)nn12. The zero-order valence-corrected chi connectivity index (χ0v) is 19.2. The molecule has 11 heteroatoms. The van der Waals surface area contributed by atoms with Crippen LogP contribution in [-0.4, -0.2) is 55.6 Å². The number of rotatable bonds is 9. The van der Waals surface area contributed by atoms with E-state index in [2.05, 4.69) is 20.0 Å². The maximum atomic E-state index is 12.7. The van der Waals surface area contributed by atoms with Gasteiger partial charge in [0.25, 0.3) is 0 Å². The van der Waals surface area contributed by atoms with Crippen molar-refractivity contribution in [2.24, 2.45) is 0 Å². The largest absolute Gasteiger partial charge is 0.496 e. The minimum absolute atomic E-state index is 0.0424. The van der Waals surface area contributed by atoms with E-state index in [-0.39, 0.29) is 23.8 Å². The lowest BCUT2D eigenvalue weighted by molar-refractivity contribution is 0.305. The van der Waals surface area contributed by atoms with E-state index in [9.17, 15) is 8.42 Å². The minimum atomic E-state index is -3.77. The van der Waals surface area contributed by atoms with Crippen LogP contribution in [0.2, 0.25) is 0 Å². The Bertz CT molecular complexity index is 1390. The van der Waals surface area contributed by atoms with Gasteiger partial charge in [-0.2, -0.15) is 4.52 Å². The molecule has 0 amide bonds. The van der Waals surface area contributed by atoms with Gasteiger partial charge in [-0.15, -0.1) is 15.3 Å². The average Bonchev–Trinajstić information content (AvgIpc) is 3.25. The number of para-hydroxylation sites is 1. The van der Waals surface area contributed by atoms with E-state index in [1.165, 1.54) is 7.11 Å². The number of nitrogens with zero attached hydrogens (tertiary/aromatic N) is 4. The van der Waals surface area contributed by atoms with E-state index in [4.69, 9.17) is 14.2 Å². The molecule has 0 saturated heterocycles. The van der Waals surface area contributed by atoms with Gasteiger partial charge in [-0.3, -0.25) is 0 Å². The van der Waals surface area contributed by atoms with Gasteiger partial charge in [0, 0.05) is 12.6 Å². The fraction of sp³-hybridized carbons (Fsp3) is 0.227. The van der Waals surface area contributed by atoms with Crippen molar-refractivity contribution >= 4 is 15.7 Å². The monoisotopic (exact) mass is 469 g/mol. The first-order valence-corrected chi connectivity index (χ1v) is 11.5. The second kappa shape index (κ2) is 9.43. The summed E-state index contributed by atoms with van der Waals surface area (Å²) in [5, 5.41) is 12.8. The summed E-state index contributed by atoms with van der Waals surface area (Å²) >= 11 is 0. The first-order valence-electron chi connectivity index (χ1n) is 10.1. The lowest BCUT2D eigenvalue weighted by Gasteiger charge is -2.12. The topological polar surface area (TPSA) is 117 Å². The van der Waals surface area contributed by atoms with Crippen LogP contribution >= 0.6 is 0 Å². The fourth-order valence-electron chi connectivity index (χ4n) is 3.25. The number of methoxy groups -OCH3 is 2. The van der Waals surface area contributed by atoms with Crippen molar-refractivity contribution in [1.29, 1.82) is 0 Å². The van der Waals surface area contributed by atoms with Gasteiger partial charge in [0.15, 0.2) is 11.5 Å². The number of aromatic nitrogens is 4. The maximum Gasteiger partial charge on any atom is 0.244 e. The molecule has 0 aliphatic heterocycles. The predicted octanol–water partition coefficient (Wildman–Crippen LogP) is 2.47. The Morgan fingerprint density at radius 2 is 1.76 bits per heavy atom. The molecule has 0 unspecified atom stereocenters. The van der Waals surface area contributed by atoms with E-state index >= 15 is 0 Å². The van der Waals surface area contributed by atoms with Gasteiger partial charge in [0.2, 0.25) is 15.9 Å².